The number of amides is 3. The fraction of sp³-hybridized carbons (Fsp3) is 0.500. The number of hydrogen-bond donors (Lipinski definition) is 2. The minimum atomic E-state index is -0.628. The van der Waals surface area contributed by atoms with E-state index in [4.69, 9.17) is 17.3 Å². The number of carbonyl (C=O) groups is 3. The molecule has 1 fully saturated rings. The number of halogens is 1. The van der Waals surface area contributed by atoms with Gasteiger partial charge in [-0.05, 0) is 30.2 Å². The Morgan fingerprint density at radius 2 is 1.62 bits per heavy atom. The fourth-order valence-electron chi connectivity index (χ4n) is 2.63. The highest BCUT2D eigenvalue weighted by Gasteiger charge is 2.25. The summed E-state index contributed by atoms with van der Waals surface area (Å²) in [7, 11) is 0. The van der Waals surface area contributed by atoms with Crippen LogP contribution in [0.3, 0.4) is 0 Å². The third kappa shape index (κ3) is 5.19. The smallest absolute Gasteiger partial charge is 0.253 e. The zero-order valence-electron chi connectivity index (χ0n) is 15.1. The van der Waals surface area contributed by atoms with Gasteiger partial charge in [-0.3, -0.25) is 14.4 Å². The molecular weight excluding hydrogens is 356 g/mol. The second-order valence-electron chi connectivity index (χ2n) is 6.67. The molecule has 1 aromatic carbocycles. The SMILES string of the molecule is CC(C)[C@H](N)C(=O)NCC(=O)N1CCN(C(=O)c2ccc(Cl)cc2)CC1. The summed E-state index contributed by atoms with van der Waals surface area (Å²) in [6.45, 7) is 5.39. The number of benzene rings is 1. The molecule has 0 aliphatic carbocycles. The zero-order chi connectivity index (χ0) is 19.3. The maximum atomic E-state index is 12.4. The maximum absolute atomic E-state index is 12.4. The van der Waals surface area contributed by atoms with Crippen LogP contribution in [-0.4, -0.2) is 66.3 Å². The van der Waals surface area contributed by atoms with Gasteiger partial charge in [0.25, 0.3) is 5.91 Å². The molecule has 1 aromatic rings. The second kappa shape index (κ2) is 9.00. The van der Waals surface area contributed by atoms with Crippen molar-refractivity contribution in [2.45, 2.75) is 19.9 Å². The molecule has 1 aliphatic heterocycles. The normalized spacial score (nSPS) is 15.7. The quantitative estimate of drug-likeness (QED) is 0.786. The molecule has 1 saturated heterocycles. The van der Waals surface area contributed by atoms with Crippen LogP contribution in [0, 0.1) is 5.92 Å². The summed E-state index contributed by atoms with van der Waals surface area (Å²) in [6, 6.07) is 6.11. The van der Waals surface area contributed by atoms with E-state index < -0.39 is 6.04 Å². The van der Waals surface area contributed by atoms with Crippen molar-refractivity contribution in [3.05, 3.63) is 34.9 Å². The van der Waals surface area contributed by atoms with E-state index in [2.05, 4.69) is 5.32 Å². The maximum Gasteiger partial charge on any atom is 0.253 e. The van der Waals surface area contributed by atoms with Crippen molar-refractivity contribution < 1.29 is 14.4 Å². The van der Waals surface area contributed by atoms with E-state index >= 15 is 0 Å². The van der Waals surface area contributed by atoms with Crippen LogP contribution in [-0.2, 0) is 9.59 Å². The molecule has 8 heteroatoms. The van der Waals surface area contributed by atoms with Gasteiger partial charge in [0.2, 0.25) is 11.8 Å². The van der Waals surface area contributed by atoms with Gasteiger partial charge in [0.15, 0.2) is 0 Å². The largest absolute Gasteiger partial charge is 0.346 e. The highest BCUT2D eigenvalue weighted by molar-refractivity contribution is 6.30. The number of nitrogens with two attached hydrogens (primary N) is 1. The Balaban J connectivity index is 1.80. The van der Waals surface area contributed by atoms with Gasteiger partial charge in [0.1, 0.15) is 0 Å². The molecule has 0 radical (unpaired) electrons. The Morgan fingerprint density at radius 3 is 2.15 bits per heavy atom. The van der Waals surface area contributed by atoms with Gasteiger partial charge in [-0.2, -0.15) is 0 Å². The van der Waals surface area contributed by atoms with Gasteiger partial charge in [-0.1, -0.05) is 25.4 Å². The van der Waals surface area contributed by atoms with Gasteiger partial charge in [0, 0.05) is 36.8 Å². The Bertz CT molecular complexity index is 655. The molecule has 1 atom stereocenters. The number of carbonyl (C=O) groups excluding carboxylic acids is 3. The summed E-state index contributed by atoms with van der Waals surface area (Å²) in [4.78, 5) is 39.9. The van der Waals surface area contributed by atoms with E-state index in [-0.39, 0.29) is 30.2 Å². The molecule has 0 unspecified atom stereocenters. The van der Waals surface area contributed by atoms with Crippen molar-refractivity contribution in [3.8, 4) is 0 Å². The third-order valence-electron chi connectivity index (χ3n) is 4.45. The highest BCUT2D eigenvalue weighted by Crippen LogP contribution is 2.13. The second-order valence-corrected chi connectivity index (χ2v) is 7.10. The average Bonchev–Trinajstić information content (AvgIpc) is 2.65. The Hall–Kier alpha value is -2.12. The fourth-order valence-corrected chi connectivity index (χ4v) is 2.76. The predicted molar refractivity (Wildman–Crippen MR) is 99.8 cm³/mol. The van der Waals surface area contributed by atoms with Crippen molar-refractivity contribution in [2.75, 3.05) is 32.7 Å². The topological polar surface area (TPSA) is 95.7 Å². The summed E-state index contributed by atoms with van der Waals surface area (Å²) in [6.07, 6.45) is 0. The first-order valence-electron chi connectivity index (χ1n) is 8.65. The van der Waals surface area contributed by atoms with Crippen LogP contribution in [0.4, 0.5) is 0 Å². The molecular formula is C18H25ClN4O3. The molecule has 7 nitrogen and oxygen atoms in total. The molecule has 2 rings (SSSR count). The van der Waals surface area contributed by atoms with Crippen LogP contribution in [0.2, 0.25) is 5.02 Å². The molecule has 142 valence electrons. The molecule has 1 aliphatic rings. The lowest BCUT2D eigenvalue weighted by molar-refractivity contribution is -0.134. The lowest BCUT2D eigenvalue weighted by Gasteiger charge is -2.35. The van der Waals surface area contributed by atoms with E-state index in [1.54, 1.807) is 34.1 Å². The highest BCUT2D eigenvalue weighted by atomic mass is 35.5. The van der Waals surface area contributed by atoms with E-state index in [1.807, 2.05) is 13.8 Å². The molecule has 1 heterocycles. The van der Waals surface area contributed by atoms with Gasteiger partial charge in [0.05, 0.1) is 12.6 Å². The first-order chi connectivity index (χ1) is 12.3. The van der Waals surface area contributed by atoms with Gasteiger partial charge < -0.3 is 20.9 Å². The molecule has 0 spiro atoms. The van der Waals surface area contributed by atoms with Crippen molar-refractivity contribution in [1.29, 1.82) is 0 Å². The van der Waals surface area contributed by atoms with Crippen molar-refractivity contribution >= 4 is 29.3 Å². The van der Waals surface area contributed by atoms with Crippen LogP contribution >= 0.6 is 11.6 Å². The number of rotatable bonds is 5. The van der Waals surface area contributed by atoms with Crippen LogP contribution in [0.25, 0.3) is 0 Å². The Kier molecular flexibility index (Phi) is 6.99. The third-order valence-corrected chi connectivity index (χ3v) is 4.70. The van der Waals surface area contributed by atoms with Crippen molar-refractivity contribution in [1.82, 2.24) is 15.1 Å². The van der Waals surface area contributed by atoms with E-state index in [9.17, 15) is 14.4 Å². The molecule has 0 saturated carbocycles. The van der Waals surface area contributed by atoms with Crippen molar-refractivity contribution in [2.24, 2.45) is 11.7 Å². The molecule has 3 amide bonds. The first-order valence-corrected chi connectivity index (χ1v) is 9.03. The van der Waals surface area contributed by atoms with E-state index in [1.165, 1.54) is 0 Å². The van der Waals surface area contributed by atoms with E-state index in [0.717, 1.165) is 0 Å². The van der Waals surface area contributed by atoms with Gasteiger partial charge in [-0.15, -0.1) is 0 Å². The first kappa shape index (κ1) is 20.2. The number of nitrogens with zero attached hydrogens (tertiary/aromatic N) is 2. The number of piperazine rings is 1. The lowest BCUT2D eigenvalue weighted by Crippen LogP contribution is -2.53. The monoisotopic (exact) mass is 380 g/mol. The molecule has 3 N–H and O–H groups in total. The summed E-state index contributed by atoms with van der Waals surface area (Å²) in [5.74, 6) is -0.574. The van der Waals surface area contributed by atoms with Crippen LogP contribution in [0.5, 0.6) is 0 Å². The van der Waals surface area contributed by atoms with Gasteiger partial charge in [-0.25, -0.2) is 0 Å². The summed E-state index contributed by atoms with van der Waals surface area (Å²) in [5.41, 5.74) is 6.32. The molecule has 26 heavy (non-hydrogen) atoms. The van der Waals surface area contributed by atoms with E-state index in [0.29, 0.717) is 36.8 Å². The minimum Gasteiger partial charge on any atom is -0.346 e. The zero-order valence-corrected chi connectivity index (χ0v) is 15.8. The predicted octanol–water partition coefficient (Wildman–Crippen LogP) is 0.724. The van der Waals surface area contributed by atoms with Crippen LogP contribution < -0.4 is 11.1 Å². The Morgan fingerprint density at radius 1 is 1.08 bits per heavy atom. The van der Waals surface area contributed by atoms with Gasteiger partial charge >= 0.3 is 0 Å². The Labute approximate surface area is 158 Å². The lowest BCUT2D eigenvalue weighted by atomic mass is 10.1. The summed E-state index contributed by atoms with van der Waals surface area (Å²) in [5, 5.41) is 3.16. The number of hydrogen-bond acceptors (Lipinski definition) is 4. The molecule has 0 bridgehead atoms. The summed E-state index contributed by atoms with van der Waals surface area (Å²) >= 11 is 5.84. The van der Waals surface area contributed by atoms with Crippen LogP contribution in [0.15, 0.2) is 24.3 Å². The molecule has 0 aromatic heterocycles. The standard InChI is InChI=1S/C18H25ClN4O3/c1-12(2)16(20)17(25)21-11-15(24)22-7-9-23(10-8-22)18(26)13-3-5-14(19)6-4-13/h3-6,12,16H,7-11,20H2,1-2H3,(H,21,25)/t16-/m0/s1. The average molecular weight is 381 g/mol. The van der Waals surface area contributed by atoms with Crippen molar-refractivity contribution in [3.63, 3.8) is 0 Å². The minimum absolute atomic E-state index is 0.00697. The number of nitrogens with one attached hydrogen (secondary N) is 1. The van der Waals surface area contributed by atoms with Crippen LogP contribution in [0.1, 0.15) is 24.2 Å². The summed E-state index contributed by atoms with van der Waals surface area (Å²) < 4.78 is 0.